The Labute approximate surface area is 193 Å². The highest BCUT2D eigenvalue weighted by Crippen LogP contribution is 2.36. The molecule has 4 heterocycles. The Morgan fingerprint density at radius 3 is 2.47 bits per heavy atom. The first-order chi connectivity index (χ1) is 16.2. The van der Waals surface area contributed by atoms with Crippen LogP contribution in [0.5, 0.6) is 0 Å². The summed E-state index contributed by atoms with van der Waals surface area (Å²) in [5.41, 5.74) is 6.44. The van der Waals surface area contributed by atoms with Gasteiger partial charge in [-0.1, -0.05) is 35.5 Å². The summed E-state index contributed by atoms with van der Waals surface area (Å²) in [6.07, 6.45) is 2.18. The number of alkyl halides is 3. The van der Waals surface area contributed by atoms with Crippen LogP contribution in [0.25, 0.3) is 33.3 Å². The van der Waals surface area contributed by atoms with Crippen LogP contribution in [0.2, 0.25) is 0 Å². The van der Waals surface area contributed by atoms with Crippen molar-refractivity contribution in [1.82, 2.24) is 24.5 Å². The standard InChI is InChI=1S/C25H22F3N5O/c1-15-23(17(3)34-31-15)19-9-22-24(29-10-19)21(20-11-30-32(12-20)14-25(26,27)28)13-33(22)16(2)18-7-5-4-6-8-18/h4-13,16H,14H2,1-3H3. The van der Waals surface area contributed by atoms with Crippen LogP contribution in [0, 0.1) is 13.8 Å². The van der Waals surface area contributed by atoms with E-state index in [1.54, 1.807) is 6.20 Å². The maximum Gasteiger partial charge on any atom is 0.408 e. The molecule has 4 aromatic heterocycles. The molecule has 5 aromatic rings. The molecule has 0 spiro atoms. The number of hydrogen-bond donors (Lipinski definition) is 0. The van der Waals surface area contributed by atoms with E-state index >= 15 is 0 Å². The number of aryl methyl sites for hydroxylation is 2. The van der Waals surface area contributed by atoms with Gasteiger partial charge in [0.15, 0.2) is 0 Å². The molecular weight excluding hydrogens is 443 g/mol. The zero-order valence-electron chi connectivity index (χ0n) is 18.8. The van der Waals surface area contributed by atoms with E-state index in [1.807, 2.05) is 56.4 Å². The average molecular weight is 465 g/mol. The lowest BCUT2D eigenvalue weighted by atomic mass is 10.0. The molecule has 0 saturated carbocycles. The van der Waals surface area contributed by atoms with E-state index in [-0.39, 0.29) is 6.04 Å². The SMILES string of the molecule is Cc1noc(C)c1-c1cnc2c(-c3cnn(CC(F)(F)F)c3)cn(C(C)c3ccccc3)c2c1. The summed E-state index contributed by atoms with van der Waals surface area (Å²) in [6, 6.07) is 12.0. The Morgan fingerprint density at radius 1 is 1.03 bits per heavy atom. The molecule has 0 aliphatic rings. The van der Waals surface area contributed by atoms with Gasteiger partial charge in [0, 0.05) is 40.8 Å². The molecule has 9 heteroatoms. The zero-order chi connectivity index (χ0) is 24.0. The highest BCUT2D eigenvalue weighted by Gasteiger charge is 2.29. The van der Waals surface area contributed by atoms with Crippen molar-refractivity contribution in [1.29, 1.82) is 0 Å². The van der Waals surface area contributed by atoms with Crippen molar-refractivity contribution in [2.75, 3.05) is 0 Å². The highest BCUT2D eigenvalue weighted by atomic mass is 19.4. The van der Waals surface area contributed by atoms with Crippen molar-refractivity contribution in [3.63, 3.8) is 0 Å². The third-order valence-corrected chi connectivity index (χ3v) is 5.98. The number of aromatic nitrogens is 5. The first-order valence-corrected chi connectivity index (χ1v) is 10.8. The van der Waals surface area contributed by atoms with Gasteiger partial charge in [0.05, 0.1) is 29.0 Å². The molecule has 0 fully saturated rings. The van der Waals surface area contributed by atoms with Gasteiger partial charge in [0.1, 0.15) is 12.3 Å². The number of halogens is 3. The van der Waals surface area contributed by atoms with Gasteiger partial charge in [0.25, 0.3) is 0 Å². The lowest BCUT2D eigenvalue weighted by molar-refractivity contribution is -0.142. The fourth-order valence-electron chi connectivity index (χ4n) is 4.36. The second kappa shape index (κ2) is 8.16. The smallest absolute Gasteiger partial charge is 0.361 e. The average Bonchev–Trinajstić information content (AvgIpc) is 3.49. The summed E-state index contributed by atoms with van der Waals surface area (Å²) in [5, 5.41) is 7.97. The third-order valence-electron chi connectivity index (χ3n) is 5.98. The Morgan fingerprint density at radius 2 is 1.79 bits per heavy atom. The number of fused-ring (bicyclic) bond motifs is 1. The minimum Gasteiger partial charge on any atom is -0.361 e. The number of hydrogen-bond acceptors (Lipinski definition) is 4. The van der Waals surface area contributed by atoms with E-state index in [9.17, 15) is 13.2 Å². The molecule has 1 aromatic carbocycles. The number of pyridine rings is 1. The van der Waals surface area contributed by atoms with Gasteiger partial charge in [-0.2, -0.15) is 18.3 Å². The first kappa shape index (κ1) is 21.9. The molecule has 6 nitrogen and oxygen atoms in total. The van der Waals surface area contributed by atoms with Crippen LogP contribution in [0.1, 0.15) is 30.0 Å². The Hall–Kier alpha value is -3.88. The molecule has 0 saturated heterocycles. The van der Waals surface area contributed by atoms with Crippen molar-refractivity contribution >= 4 is 11.0 Å². The maximum absolute atomic E-state index is 12.9. The predicted molar refractivity (Wildman–Crippen MR) is 122 cm³/mol. The molecule has 0 amide bonds. The van der Waals surface area contributed by atoms with Gasteiger partial charge < -0.3 is 9.09 Å². The van der Waals surface area contributed by atoms with Crippen LogP contribution < -0.4 is 0 Å². The second-order valence-corrected chi connectivity index (χ2v) is 8.37. The molecule has 0 bridgehead atoms. The van der Waals surface area contributed by atoms with E-state index in [2.05, 4.69) is 21.7 Å². The van der Waals surface area contributed by atoms with Crippen molar-refractivity contribution in [3.05, 3.63) is 78.2 Å². The lowest BCUT2D eigenvalue weighted by Gasteiger charge is -2.16. The Kier molecular flexibility index (Phi) is 5.27. The molecule has 0 aliphatic carbocycles. The topological polar surface area (TPSA) is 61.7 Å². The van der Waals surface area contributed by atoms with Gasteiger partial charge >= 0.3 is 6.18 Å². The highest BCUT2D eigenvalue weighted by molar-refractivity contribution is 5.95. The molecule has 0 aliphatic heterocycles. The van der Waals surface area contributed by atoms with E-state index in [0.717, 1.165) is 38.1 Å². The Balaban J connectivity index is 1.68. The molecule has 34 heavy (non-hydrogen) atoms. The van der Waals surface area contributed by atoms with Gasteiger partial charge in [-0.15, -0.1) is 0 Å². The number of nitrogens with zero attached hydrogens (tertiary/aromatic N) is 5. The summed E-state index contributed by atoms with van der Waals surface area (Å²) in [5.74, 6) is 0.696. The molecule has 1 unspecified atom stereocenters. The zero-order valence-corrected chi connectivity index (χ0v) is 18.8. The van der Waals surface area contributed by atoms with Crippen molar-refractivity contribution in [2.45, 2.75) is 39.5 Å². The lowest BCUT2D eigenvalue weighted by Crippen LogP contribution is -2.17. The predicted octanol–water partition coefficient (Wildman–Crippen LogP) is 6.34. The number of rotatable bonds is 5. The van der Waals surface area contributed by atoms with Gasteiger partial charge in [0.2, 0.25) is 0 Å². The molecule has 1 atom stereocenters. The van der Waals surface area contributed by atoms with E-state index in [1.165, 1.54) is 12.4 Å². The minimum absolute atomic E-state index is 0.0376. The molecule has 0 N–H and O–H groups in total. The minimum atomic E-state index is -4.35. The monoisotopic (exact) mass is 465 g/mol. The molecule has 174 valence electrons. The first-order valence-electron chi connectivity index (χ1n) is 10.8. The van der Waals surface area contributed by atoms with E-state index < -0.39 is 12.7 Å². The van der Waals surface area contributed by atoms with Gasteiger partial charge in [-0.3, -0.25) is 9.67 Å². The Bertz CT molecular complexity index is 1440. The van der Waals surface area contributed by atoms with Crippen LogP contribution in [-0.4, -0.2) is 30.7 Å². The second-order valence-electron chi connectivity index (χ2n) is 8.37. The van der Waals surface area contributed by atoms with Crippen LogP contribution in [0.15, 0.2) is 65.7 Å². The molecule has 5 rings (SSSR count). The van der Waals surface area contributed by atoms with E-state index in [4.69, 9.17) is 9.51 Å². The quantitative estimate of drug-likeness (QED) is 0.304. The summed E-state index contributed by atoms with van der Waals surface area (Å²) in [6.45, 7) is 4.66. The largest absolute Gasteiger partial charge is 0.408 e. The van der Waals surface area contributed by atoms with Crippen molar-refractivity contribution in [3.8, 4) is 22.3 Å². The van der Waals surface area contributed by atoms with E-state index in [0.29, 0.717) is 16.8 Å². The summed E-state index contributed by atoms with van der Waals surface area (Å²) in [7, 11) is 0. The summed E-state index contributed by atoms with van der Waals surface area (Å²) in [4.78, 5) is 4.73. The molecular formula is C25H22F3N5O. The van der Waals surface area contributed by atoms with Gasteiger partial charge in [-0.25, -0.2) is 0 Å². The normalized spacial score (nSPS) is 13.0. The van der Waals surface area contributed by atoms with Crippen LogP contribution in [0.3, 0.4) is 0 Å². The molecule has 0 radical (unpaired) electrons. The fraction of sp³-hybridized carbons (Fsp3) is 0.240. The summed E-state index contributed by atoms with van der Waals surface area (Å²) >= 11 is 0. The van der Waals surface area contributed by atoms with Crippen LogP contribution in [0.4, 0.5) is 13.2 Å². The van der Waals surface area contributed by atoms with Gasteiger partial charge in [-0.05, 0) is 32.4 Å². The fourth-order valence-corrected chi connectivity index (χ4v) is 4.36. The number of benzene rings is 1. The van der Waals surface area contributed by atoms with Crippen molar-refractivity contribution < 1.29 is 17.7 Å². The maximum atomic E-state index is 12.9. The van der Waals surface area contributed by atoms with Crippen molar-refractivity contribution in [2.24, 2.45) is 0 Å². The summed E-state index contributed by atoms with van der Waals surface area (Å²) < 4.78 is 46.9. The van der Waals surface area contributed by atoms with Crippen LogP contribution >= 0.6 is 0 Å². The third kappa shape index (κ3) is 3.98. The van der Waals surface area contributed by atoms with Crippen LogP contribution in [-0.2, 0) is 6.54 Å².